The second-order valence-electron chi connectivity index (χ2n) is 4.26. The van der Waals surface area contributed by atoms with E-state index in [-0.39, 0.29) is 5.91 Å². The summed E-state index contributed by atoms with van der Waals surface area (Å²) in [6.07, 6.45) is 1.53. The van der Waals surface area contributed by atoms with Crippen LogP contribution in [0.25, 0.3) is 10.6 Å². The lowest BCUT2D eigenvalue weighted by molar-refractivity contribution is 0.0959. The van der Waals surface area contributed by atoms with Gasteiger partial charge in [-0.3, -0.25) is 4.79 Å². The Morgan fingerprint density at radius 2 is 2.05 bits per heavy atom. The fourth-order valence-electron chi connectivity index (χ4n) is 1.69. The molecule has 0 spiro atoms. The Bertz CT molecular complexity index is 795. The zero-order valence-corrected chi connectivity index (χ0v) is 13.6. The molecule has 3 aromatic rings. The van der Waals surface area contributed by atoms with Gasteiger partial charge in [-0.15, -0.1) is 22.7 Å². The fraction of sp³-hybridized carbons (Fsp3) is 0. The van der Waals surface area contributed by atoms with E-state index in [0.717, 1.165) is 10.6 Å². The second-order valence-corrected chi connectivity index (χ2v) is 6.50. The molecule has 0 aliphatic carbocycles. The Balaban J connectivity index is 1.65. The van der Waals surface area contributed by atoms with Crippen molar-refractivity contribution in [2.75, 3.05) is 0 Å². The van der Waals surface area contributed by atoms with E-state index in [4.69, 9.17) is 11.6 Å². The third-order valence-electron chi connectivity index (χ3n) is 2.72. The number of hydrogen-bond donors (Lipinski definition) is 1. The summed E-state index contributed by atoms with van der Waals surface area (Å²) in [7, 11) is 0. The van der Waals surface area contributed by atoms with Crippen LogP contribution in [0.1, 0.15) is 15.4 Å². The van der Waals surface area contributed by atoms with Crippen LogP contribution in [0.3, 0.4) is 0 Å². The molecule has 1 aromatic carbocycles. The Kier molecular flexibility index (Phi) is 4.62. The number of rotatable bonds is 4. The standard InChI is InChI=1S/C15H10ClN3OS2/c16-11-5-3-10(4-6-11)15-18-12(9-22-15)8-17-19-14(20)13-2-1-7-21-13/h1-9H,(H,19,20)/b17-8-. The van der Waals surface area contributed by atoms with Gasteiger partial charge < -0.3 is 0 Å². The van der Waals surface area contributed by atoms with Gasteiger partial charge in [-0.1, -0.05) is 29.8 Å². The highest BCUT2D eigenvalue weighted by Gasteiger charge is 2.05. The fourth-order valence-corrected chi connectivity index (χ4v) is 3.21. The van der Waals surface area contributed by atoms with E-state index in [1.165, 1.54) is 28.9 Å². The molecule has 0 radical (unpaired) electrons. The predicted molar refractivity (Wildman–Crippen MR) is 91.9 cm³/mol. The third kappa shape index (κ3) is 3.59. The van der Waals surface area contributed by atoms with Crippen LogP contribution in [-0.4, -0.2) is 17.1 Å². The zero-order valence-electron chi connectivity index (χ0n) is 11.2. The van der Waals surface area contributed by atoms with Gasteiger partial charge in [-0.25, -0.2) is 10.4 Å². The van der Waals surface area contributed by atoms with E-state index in [9.17, 15) is 4.79 Å². The SMILES string of the molecule is O=C(N/N=C\c1csc(-c2ccc(Cl)cc2)n1)c1cccs1. The molecule has 7 heteroatoms. The van der Waals surface area contributed by atoms with Crippen LogP contribution < -0.4 is 5.43 Å². The number of aromatic nitrogens is 1. The zero-order chi connectivity index (χ0) is 15.4. The van der Waals surface area contributed by atoms with Gasteiger partial charge in [0, 0.05) is 16.0 Å². The second kappa shape index (κ2) is 6.83. The summed E-state index contributed by atoms with van der Waals surface area (Å²) in [4.78, 5) is 16.8. The topological polar surface area (TPSA) is 54.4 Å². The van der Waals surface area contributed by atoms with Crippen molar-refractivity contribution in [3.63, 3.8) is 0 Å². The molecule has 0 atom stereocenters. The van der Waals surface area contributed by atoms with Crippen molar-refractivity contribution >= 4 is 46.4 Å². The lowest BCUT2D eigenvalue weighted by Gasteiger charge is -1.95. The maximum absolute atomic E-state index is 11.7. The molecule has 2 aromatic heterocycles. The molecule has 0 aliphatic heterocycles. The minimum atomic E-state index is -0.223. The van der Waals surface area contributed by atoms with E-state index in [0.29, 0.717) is 15.6 Å². The predicted octanol–water partition coefficient (Wildman–Crippen LogP) is 4.29. The number of carbonyl (C=O) groups is 1. The van der Waals surface area contributed by atoms with E-state index < -0.39 is 0 Å². The molecular formula is C15H10ClN3OS2. The Morgan fingerprint density at radius 3 is 2.77 bits per heavy atom. The molecule has 4 nitrogen and oxygen atoms in total. The van der Waals surface area contributed by atoms with Gasteiger partial charge >= 0.3 is 0 Å². The Hall–Kier alpha value is -2.02. The van der Waals surface area contributed by atoms with Gasteiger partial charge in [0.1, 0.15) is 5.01 Å². The van der Waals surface area contributed by atoms with Crippen molar-refractivity contribution in [1.29, 1.82) is 0 Å². The van der Waals surface area contributed by atoms with E-state index in [1.54, 1.807) is 6.07 Å². The van der Waals surface area contributed by atoms with Crippen molar-refractivity contribution in [3.05, 3.63) is 62.8 Å². The normalized spacial score (nSPS) is 11.0. The number of thiophene rings is 1. The van der Waals surface area contributed by atoms with Gasteiger partial charge in [-0.05, 0) is 23.6 Å². The lowest BCUT2D eigenvalue weighted by Crippen LogP contribution is -2.16. The van der Waals surface area contributed by atoms with Crippen molar-refractivity contribution in [1.82, 2.24) is 10.4 Å². The average molecular weight is 348 g/mol. The summed E-state index contributed by atoms with van der Waals surface area (Å²) in [5.74, 6) is -0.223. The van der Waals surface area contributed by atoms with Gasteiger partial charge in [0.05, 0.1) is 16.8 Å². The molecule has 0 unspecified atom stereocenters. The largest absolute Gasteiger partial charge is 0.281 e. The van der Waals surface area contributed by atoms with Crippen molar-refractivity contribution in [3.8, 4) is 10.6 Å². The first-order chi connectivity index (χ1) is 10.7. The summed E-state index contributed by atoms with van der Waals surface area (Å²) < 4.78 is 0. The van der Waals surface area contributed by atoms with Gasteiger partial charge in [0.2, 0.25) is 0 Å². The number of nitrogens with zero attached hydrogens (tertiary/aromatic N) is 2. The number of nitrogens with one attached hydrogen (secondary N) is 1. The molecule has 0 aliphatic rings. The van der Waals surface area contributed by atoms with Crippen LogP contribution in [0.4, 0.5) is 0 Å². The van der Waals surface area contributed by atoms with Crippen molar-refractivity contribution < 1.29 is 4.79 Å². The summed E-state index contributed by atoms with van der Waals surface area (Å²) in [5, 5.41) is 9.22. The first-order valence-corrected chi connectivity index (χ1v) is 8.44. The van der Waals surface area contributed by atoms with Gasteiger partial charge in [0.25, 0.3) is 5.91 Å². The molecule has 0 saturated heterocycles. The van der Waals surface area contributed by atoms with Crippen LogP contribution in [0.5, 0.6) is 0 Å². The lowest BCUT2D eigenvalue weighted by atomic mass is 10.2. The Morgan fingerprint density at radius 1 is 1.23 bits per heavy atom. The van der Waals surface area contributed by atoms with E-state index >= 15 is 0 Å². The molecule has 0 fully saturated rings. The molecule has 0 saturated carbocycles. The van der Waals surface area contributed by atoms with Crippen molar-refractivity contribution in [2.45, 2.75) is 0 Å². The number of hydrazone groups is 1. The molecule has 1 N–H and O–H groups in total. The summed E-state index contributed by atoms with van der Waals surface area (Å²) >= 11 is 8.75. The number of amides is 1. The summed E-state index contributed by atoms with van der Waals surface area (Å²) in [6.45, 7) is 0. The average Bonchev–Trinajstić information content (AvgIpc) is 3.19. The van der Waals surface area contributed by atoms with Crippen LogP contribution in [0.2, 0.25) is 5.02 Å². The molecule has 3 rings (SSSR count). The minimum Gasteiger partial charge on any atom is -0.266 e. The molecule has 22 heavy (non-hydrogen) atoms. The quantitative estimate of drug-likeness (QED) is 0.565. The molecule has 2 heterocycles. The first kappa shape index (κ1) is 14.9. The third-order valence-corrected chi connectivity index (χ3v) is 4.75. The number of carbonyl (C=O) groups excluding carboxylic acids is 1. The summed E-state index contributed by atoms with van der Waals surface area (Å²) in [6, 6.07) is 11.1. The smallest absolute Gasteiger partial charge is 0.266 e. The van der Waals surface area contributed by atoms with E-state index in [1.807, 2.05) is 41.1 Å². The van der Waals surface area contributed by atoms with E-state index in [2.05, 4.69) is 15.5 Å². The number of benzene rings is 1. The maximum atomic E-state index is 11.7. The molecule has 0 bridgehead atoms. The molecular weight excluding hydrogens is 338 g/mol. The Labute approximate surface area is 140 Å². The highest BCUT2D eigenvalue weighted by Crippen LogP contribution is 2.24. The van der Waals surface area contributed by atoms with Crippen LogP contribution in [0, 0.1) is 0 Å². The highest BCUT2D eigenvalue weighted by atomic mass is 35.5. The first-order valence-electron chi connectivity index (χ1n) is 6.31. The maximum Gasteiger partial charge on any atom is 0.281 e. The van der Waals surface area contributed by atoms with Gasteiger partial charge in [-0.2, -0.15) is 5.10 Å². The minimum absolute atomic E-state index is 0.223. The van der Waals surface area contributed by atoms with Gasteiger partial charge in [0.15, 0.2) is 0 Å². The number of thiazole rings is 1. The van der Waals surface area contributed by atoms with Crippen LogP contribution in [0.15, 0.2) is 52.3 Å². The number of hydrogen-bond acceptors (Lipinski definition) is 5. The summed E-state index contributed by atoms with van der Waals surface area (Å²) in [5.41, 5.74) is 4.17. The number of halogens is 1. The monoisotopic (exact) mass is 347 g/mol. The van der Waals surface area contributed by atoms with Crippen LogP contribution >= 0.6 is 34.3 Å². The van der Waals surface area contributed by atoms with Crippen LogP contribution in [-0.2, 0) is 0 Å². The molecule has 1 amide bonds. The van der Waals surface area contributed by atoms with Crippen molar-refractivity contribution in [2.24, 2.45) is 5.10 Å². The highest BCUT2D eigenvalue weighted by molar-refractivity contribution is 7.13. The molecule has 110 valence electrons.